The number of benzene rings is 2. The molecule has 1 aromatic heterocycles. The van der Waals surface area contributed by atoms with Crippen LogP contribution >= 0.6 is 0 Å². The number of carbonyl (C=O) groups excluding carboxylic acids is 1. The number of rotatable bonds is 4. The summed E-state index contributed by atoms with van der Waals surface area (Å²) in [6.07, 6.45) is 6.70. The van der Waals surface area contributed by atoms with Crippen molar-refractivity contribution in [2.24, 2.45) is 0 Å². The molecule has 0 unspecified atom stereocenters. The first-order valence-corrected chi connectivity index (χ1v) is 11.0. The van der Waals surface area contributed by atoms with E-state index >= 15 is 0 Å². The van der Waals surface area contributed by atoms with Gasteiger partial charge in [0.25, 0.3) is 0 Å². The average molecular weight is 395 g/mol. The van der Waals surface area contributed by atoms with Gasteiger partial charge in [-0.15, -0.1) is 0 Å². The largest absolute Gasteiger partial charge is 0.312 e. The molecule has 2 aromatic carbocycles. The van der Waals surface area contributed by atoms with Gasteiger partial charge in [0.2, 0.25) is 5.91 Å². The molecule has 1 amide bonds. The molecule has 0 radical (unpaired) electrons. The molecule has 28 heavy (non-hydrogen) atoms. The number of hydrogen-bond acceptors (Lipinski definition) is 4. The zero-order valence-electron chi connectivity index (χ0n) is 15.6. The van der Waals surface area contributed by atoms with E-state index in [2.05, 4.69) is 5.10 Å². The highest BCUT2D eigenvalue weighted by atomic mass is 32.2. The molecule has 0 spiro atoms. The van der Waals surface area contributed by atoms with E-state index in [9.17, 15) is 13.2 Å². The molecule has 144 valence electrons. The summed E-state index contributed by atoms with van der Waals surface area (Å²) in [6.45, 7) is 0.648. The van der Waals surface area contributed by atoms with Crippen LogP contribution in [0.5, 0.6) is 0 Å². The Hall–Kier alpha value is -2.93. The molecule has 6 nitrogen and oxygen atoms in total. The normalized spacial score (nSPS) is 14.0. The number of aromatic nitrogens is 2. The van der Waals surface area contributed by atoms with Gasteiger partial charge in [0.1, 0.15) is 0 Å². The number of fused-ring (bicyclic) bond motifs is 1. The van der Waals surface area contributed by atoms with Gasteiger partial charge in [-0.05, 0) is 60.4 Å². The minimum absolute atomic E-state index is 0.0138. The van der Waals surface area contributed by atoms with Gasteiger partial charge < -0.3 is 4.90 Å². The lowest BCUT2D eigenvalue weighted by atomic mass is 10.0. The highest BCUT2D eigenvalue weighted by Crippen LogP contribution is 2.30. The second-order valence-electron chi connectivity index (χ2n) is 7.01. The molecule has 0 saturated carbocycles. The Labute approximate surface area is 164 Å². The number of sulfone groups is 1. The third-order valence-corrected chi connectivity index (χ3v) is 6.07. The Morgan fingerprint density at radius 2 is 1.93 bits per heavy atom. The third kappa shape index (κ3) is 3.71. The monoisotopic (exact) mass is 395 g/mol. The van der Waals surface area contributed by atoms with Crippen molar-refractivity contribution >= 4 is 21.4 Å². The predicted molar refractivity (Wildman–Crippen MR) is 107 cm³/mol. The molecule has 3 aromatic rings. The molecule has 1 aliphatic heterocycles. The zero-order valence-corrected chi connectivity index (χ0v) is 16.4. The van der Waals surface area contributed by atoms with Gasteiger partial charge >= 0.3 is 0 Å². The Balaban J connectivity index is 1.53. The number of anilines is 1. The van der Waals surface area contributed by atoms with E-state index in [0.29, 0.717) is 17.9 Å². The predicted octanol–water partition coefficient (Wildman–Crippen LogP) is 2.80. The highest BCUT2D eigenvalue weighted by molar-refractivity contribution is 7.90. The molecular weight excluding hydrogens is 374 g/mol. The highest BCUT2D eigenvalue weighted by Gasteiger charge is 2.24. The number of carbonyl (C=O) groups is 1. The van der Waals surface area contributed by atoms with E-state index in [1.807, 2.05) is 36.5 Å². The van der Waals surface area contributed by atoms with Crippen molar-refractivity contribution in [3.63, 3.8) is 0 Å². The fourth-order valence-corrected chi connectivity index (χ4v) is 4.19. The molecule has 0 bridgehead atoms. The minimum Gasteiger partial charge on any atom is -0.312 e. The van der Waals surface area contributed by atoms with Gasteiger partial charge in [-0.2, -0.15) is 5.10 Å². The van der Waals surface area contributed by atoms with Crippen molar-refractivity contribution in [1.29, 1.82) is 0 Å². The topological polar surface area (TPSA) is 72.3 Å². The van der Waals surface area contributed by atoms with E-state index in [1.165, 1.54) is 6.26 Å². The first kappa shape index (κ1) is 18.4. The van der Waals surface area contributed by atoms with Crippen LogP contribution in [-0.4, -0.2) is 36.9 Å². The van der Waals surface area contributed by atoms with Crippen molar-refractivity contribution in [3.05, 3.63) is 72.1 Å². The van der Waals surface area contributed by atoms with Crippen molar-refractivity contribution in [2.75, 3.05) is 17.7 Å². The quantitative estimate of drug-likeness (QED) is 0.681. The summed E-state index contributed by atoms with van der Waals surface area (Å²) < 4.78 is 25.4. The van der Waals surface area contributed by atoms with Crippen molar-refractivity contribution < 1.29 is 13.2 Å². The third-order valence-electron chi connectivity index (χ3n) is 4.96. The molecule has 0 aliphatic carbocycles. The first-order chi connectivity index (χ1) is 13.4. The molecule has 0 N–H and O–H groups in total. The lowest BCUT2D eigenvalue weighted by Crippen LogP contribution is -2.36. The number of nitrogens with zero attached hydrogens (tertiary/aromatic N) is 3. The Kier molecular flexibility index (Phi) is 4.77. The van der Waals surface area contributed by atoms with E-state index in [4.69, 9.17) is 0 Å². The van der Waals surface area contributed by atoms with Gasteiger partial charge in [0.05, 0.1) is 17.0 Å². The summed E-state index contributed by atoms with van der Waals surface area (Å²) >= 11 is 0. The van der Waals surface area contributed by atoms with Crippen molar-refractivity contribution in [2.45, 2.75) is 24.2 Å². The van der Waals surface area contributed by atoms with E-state index in [0.717, 1.165) is 35.3 Å². The zero-order chi connectivity index (χ0) is 19.7. The summed E-state index contributed by atoms with van der Waals surface area (Å²) in [5, 5.41) is 4.20. The fraction of sp³-hybridized carbons (Fsp3) is 0.238. The Bertz CT molecular complexity index is 1100. The SMILES string of the molecule is CS(=O)(=O)c1ccc2c(c1)CCCN2C(=O)Cc1ccc(-n2cccn2)cc1. The second-order valence-corrected chi connectivity index (χ2v) is 9.02. The number of aryl methyl sites for hydroxylation is 1. The molecule has 4 rings (SSSR count). The maximum atomic E-state index is 12.9. The second kappa shape index (κ2) is 7.24. The average Bonchev–Trinajstić information content (AvgIpc) is 3.21. The molecule has 7 heteroatoms. The van der Waals surface area contributed by atoms with Crippen molar-refractivity contribution in [3.8, 4) is 5.69 Å². The van der Waals surface area contributed by atoms with Crippen LogP contribution < -0.4 is 4.90 Å². The van der Waals surface area contributed by atoms with E-state index in [-0.39, 0.29) is 5.91 Å². The smallest absolute Gasteiger partial charge is 0.231 e. The number of hydrogen-bond donors (Lipinski definition) is 0. The molecule has 0 saturated heterocycles. The molecule has 0 atom stereocenters. The lowest BCUT2D eigenvalue weighted by Gasteiger charge is -2.30. The standard InChI is InChI=1S/C21H21N3O3S/c1-28(26,27)19-9-10-20-17(15-19)4-2-12-23(20)21(25)14-16-5-7-18(8-6-16)24-13-3-11-22-24/h3,5-11,13,15H,2,4,12,14H2,1H3. The van der Waals surface area contributed by atoms with Gasteiger partial charge in [-0.1, -0.05) is 12.1 Å². The number of amides is 1. The van der Waals surface area contributed by atoms with Gasteiger partial charge in [-0.3, -0.25) is 4.79 Å². The van der Waals surface area contributed by atoms with Crippen LogP contribution in [0.15, 0.2) is 65.8 Å². The summed E-state index contributed by atoms with van der Waals surface area (Å²) in [7, 11) is -3.26. The van der Waals surface area contributed by atoms with Gasteiger partial charge in [-0.25, -0.2) is 13.1 Å². The van der Waals surface area contributed by atoms with E-state index < -0.39 is 9.84 Å². The van der Waals surface area contributed by atoms with Crippen LogP contribution in [0, 0.1) is 0 Å². The lowest BCUT2D eigenvalue weighted by molar-refractivity contribution is -0.118. The fourth-order valence-electron chi connectivity index (χ4n) is 3.52. The Morgan fingerprint density at radius 3 is 2.61 bits per heavy atom. The van der Waals surface area contributed by atoms with Crippen LogP contribution in [0.25, 0.3) is 5.69 Å². The maximum Gasteiger partial charge on any atom is 0.231 e. The first-order valence-electron chi connectivity index (χ1n) is 9.14. The van der Waals surface area contributed by atoms with E-state index in [1.54, 1.807) is 34.0 Å². The minimum atomic E-state index is -3.26. The van der Waals surface area contributed by atoms with Crippen molar-refractivity contribution in [1.82, 2.24) is 9.78 Å². The summed E-state index contributed by atoms with van der Waals surface area (Å²) in [5.74, 6) is 0.0138. The summed E-state index contributed by atoms with van der Waals surface area (Å²) in [5.41, 5.74) is 3.60. The van der Waals surface area contributed by atoms with Crippen LogP contribution in [0.2, 0.25) is 0 Å². The van der Waals surface area contributed by atoms with Crippen LogP contribution in [0.3, 0.4) is 0 Å². The summed E-state index contributed by atoms with van der Waals surface area (Å²) in [6, 6.07) is 14.7. The molecule has 1 aliphatic rings. The molecule has 0 fully saturated rings. The summed E-state index contributed by atoms with van der Waals surface area (Å²) in [4.78, 5) is 15.0. The van der Waals surface area contributed by atoms with Gasteiger partial charge in [0.15, 0.2) is 9.84 Å². The Morgan fingerprint density at radius 1 is 1.14 bits per heavy atom. The van der Waals surface area contributed by atoms with Crippen LogP contribution in [0.4, 0.5) is 5.69 Å². The molecule has 2 heterocycles. The van der Waals surface area contributed by atoms with Crippen LogP contribution in [-0.2, 0) is 27.5 Å². The van der Waals surface area contributed by atoms with Crippen LogP contribution in [0.1, 0.15) is 17.5 Å². The molecular formula is C21H21N3O3S. The maximum absolute atomic E-state index is 12.9. The van der Waals surface area contributed by atoms with Gasteiger partial charge in [0, 0.05) is 30.9 Å².